The van der Waals surface area contributed by atoms with Crippen molar-refractivity contribution in [2.45, 2.75) is 25.2 Å². The molecule has 0 aromatic carbocycles. The molecule has 3 rings (SSSR count). The zero-order valence-corrected chi connectivity index (χ0v) is 14.6. The van der Waals surface area contributed by atoms with Crippen molar-refractivity contribution in [1.82, 2.24) is 29.7 Å². The first kappa shape index (κ1) is 19.4. The highest BCUT2D eigenvalue weighted by molar-refractivity contribution is 5.75. The summed E-state index contributed by atoms with van der Waals surface area (Å²) in [6, 6.07) is 3.34. The first-order valence-corrected chi connectivity index (χ1v) is 8.68. The molecular formula is C16H21F3N6O2. The Balaban J connectivity index is 1.56. The van der Waals surface area contributed by atoms with Crippen molar-refractivity contribution in [1.29, 1.82) is 0 Å². The third kappa shape index (κ3) is 4.66. The Morgan fingerprint density at radius 2 is 2.04 bits per heavy atom. The van der Waals surface area contributed by atoms with Gasteiger partial charge in [0.05, 0.1) is 6.54 Å². The average Bonchev–Trinajstić information content (AvgIpc) is 2.96. The number of halogens is 3. The number of fused-ring (bicyclic) bond motifs is 1. The Bertz CT molecular complexity index is 841. The van der Waals surface area contributed by atoms with Crippen LogP contribution >= 0.6 is 0 Å². The summed E-state index contributed by atoms with van der Waals surface area (Å²) < 4.78 is 42.4. The van der Waals surface area contributed by atoms with Crippen LogP contribution in [-0.2, 0) is 11.3 Å². The largest absolute Gasteiger partial charge is 0.405 e. The number of carbonyl (C=O) groups is 1. The molecule has 2 aromatic rings. The third-order valence-electron chi connectivity index (χ3n) is 4.50. The zero-order chi connectivity index (χ0) is 19.4. The van der Waals surface area contributed by atoms with Gasteiger partial charge < -0.3 is 10.6 Å². The van der Waals surface area contributed by atoms with Gasteiger partial charge in [-0.15, -0.1) is 5.10 Å². The molecule has 148 valence electrons. The Morgan fingerprint density at radius 1 is 1.30 bits per heavy atom. The van der Waals surface area contributed by atoms with E-state index in [4.69, 9.17) is 0 Å². The number of amides is 1. The van der Waals surface area contributed by atoms with Crippen molar-refractivity contribution in [3.63, 3.8) is 0 Å². The molecule has 2 aromatic heterocycles. The van der Waals surface area contributed by atoms with Crippen LogP contribution in [0.15, 0.2) is 29.2 Å². The number of aromatic nitrogens is 3. The van der Waals surface area contributed by atoms with Crippen LogP contribution in [0.1, 0.15) is 6.42 Å². The van der Waals surface area contributed by atoms with Gasteiger partial charge in [0.25, 0.3) is 0 Å². The van der Waals surface area contributed by atoms with Gasteiger partial charge in [-0.2, -0.15) is 13.2 Å². The van der Waals surface area contributed by atoms with Gasteiger partial charge in [-0.1, -0.05) is 6.07 Å². The topological polar surface area (TPSA) is 83.7 Å². The van der Waals surface area contributed by atoms with E-state index in [1.807, 2.05) is 0 Å². The summed E-state index contributed by atoms with van der Waals surface area (Å²) in [5.74, 6) is -0.552. The molecule has 1 aliphatic heterocycles. The lowest BCUT2D eigenvalue weighted by atomic mass is 10.2. The molecule has 0 aliphatic carbocycles. The molecule has 1 aliphatic rings. The minimum atomic E-state index is -4.43. The molecule has 0 saturated carbocycles. The smallest absolute Gasteiger partial charge is 0.354 e. The van der Waals surface area contributed by atoms with Crippen molar-refractivity contribution in [3.05, 3.63) is 34.9 Å². The van der Waals surface area contributed by atoms with Crippen LogP contribution in [-0.4, -0.2) is 69.9 Å². The van der Waals surface area contributed by atoms with Gasteiger partial charge in [0.2, 0.25) is 5.91 Å². The van der Waals surface area contributed by atoms with Crippen molar-refractivity contribution >= 4 is 11.6 Å². The van der Waals surface area contributed by atoms with E-state index in [0.29, 0.717) is 18.7 Å². The highest BCUT2D eigenvalue weighted by Crippen LogP contribution is 2.24. The minimum absolute atomic E-state index is 0.00331. The van der Waals surface area contributed by atoms with Crippen LogP contribution in [0.2, 0.25) is 0 Å². The van der Waals surface area contributed by atoms with Crippen molar-refractivity contribution in [2.75, 3.05) is 32.7 Å². The number of alkyl halides is 3. The number of piperazine rings is 1. The molecule has 3 heterocycles. The molecule has 1 amide bonds. The van der Waals surface area contributed by atoms with Crippen LogP contribution in [0.5, 0.6) is 0 Å². The molecule has 11 heteroatoms. The van der Waals surface area contributed by atoms with Crippen LogP contribution in [0.3, 0.4) is 0 Å². The standard InChI is InChI=1S/C16H21F3N6O2/c17-16(18,19)12(23-9-5-20-6-10-23)11-21-14(26)4-8-25-15(27)24-7-2-1-3-13(24)22-25/h1-3,7,12,20H,4-6,8-11H2,(H,21,26). The number of pyridine rings is 1. The number of hydrogen-bond donors (Lipinski definition) is 2. The normalized spacial score (nSPS) is 17.1. The van der Waals surface area contributed by atoms with Gasteiger partial charge in [-0.05, 0) is 12.1 Å². The van der Waals surface area contributed by atoms with Gasteiger partial charge in [-0.25, -0.2) is 9.48 Å². The Morgan fingerprint density at radius 3 is 2.70 bits per heavy atom. The van der Waals surface area contributed by atoms with Crippen LogP contribution in [0.4, 0.5) is 13.2 Å². The molecular weight excluding hydrogens is 365 g/mol. The maximum absolute atomic E-state index is 13.3. The van der Waals surface area contributed by atoms with Crippen LogP contribution in [0.25, 0.3) is 5.65 Å². The second kappa shape index (κ2) is 8.09. The van der Waals surface area contributed by atoms with Crippen molar-refractivity contribution in [3.8, 4) is 0 Å². The fourth-order valence-corrected chi connectivity index (χ4v) is 3.07. The van der Waals surface area contributed by atoms with E-state index in [0.717, 1.165) is 4.68 Å². The third-order valence-corrected chi connectivity index (χ3v) is 4.50. The predicted octanol–water partition coefficient (Wildman–Crippen LogP) is -0.162. The van der Waals surface area contributed by atoms with Crippen LogP contribution < -0.4 is 16.3 Å². The summed E-state index contributed by atoms with van der Waals surface area (Å²) >= 11 is 0. The van der Waals surface area contributed by atoms with E-state index in [1.54, 1.807) is 24.4 Å². The van der Waals surface area contributed by atoms with Crippen LogP contribution in [0, 0.1) is 0 Å². The fraction of sp³-hybridized carbons (Fsp3) is 0.562. The number of aryl methyl sites for hydroxylation is 1. The van der Waals surface area contributed by atoms with E-state index in [-0.39, 0.29) is 26.1 Å². The fourth-order valence-electron chi connectivity index (χ4n) is 3.07. The molecule has 1 fully saturated rings. The SMILES string of the molecule is O=C(CCn1nc2ccccn2c1=O)NCC(N1CCNCC1)C(F)(F)F. The highest BCUT2D eigenvalue weighted by Gasteiger charge is 2.43. The first-order chi connectivity index (χ1) is 12.9. The quantitative estimate of drug-likeness (QED) is 0.721. The van der Waals surface area contributed by atoms with E-state index in [9.17, 15) is 22.8 Å². The van der Waals surface area contributed by atoms with Gasteiger partial charge in [-0.3, -0.25) is 14.1 Å². The summed E-state index contributed by atoms with van der Waals surface area (Å²) in [7, 11) is 0. The number of hydrogen-bond acceptors (Lipinski definition) is 5. The summed E-state index contributed by atoms with van der Waals surface area (Å²) in [6.45, 7) is 1.00. The second-order valence-corrected chi connectivity index (χ2v) is 6.33. The summed E-state index contributed by atoms with van der Waals surface area (Å²) in [4.78, 5) is 25.4. The number of nitrogens with zero attached hydrogens (tertiary/aromatic N) is 4. The minimum Gasteiger partial charge on any atom is -0.354 e. The molecule has 0 spiro atoms. The molecule has 0 bridgehead atoms. The highest BCUT2D eigenvalue weighted by atomic mass is 19.4. The van der Waals surface area contributed by atoms with Gasteiger partial charge in [0, 0.05) is 45.3 Å². The molecule has 1 unspecified atom stereocenters. The second-order valence-electron chi connectivity index (χ2n) is 6.33. The molecule has 27 heavy (non-hydrogen) atoms. The van der Waals surface area contributed by atoms with Crippen molar-refractivity contribution < 1.29 is 18.0 Å². The monoisotopic (exact) mass is 386 g/mol. The summed E-state index contributed by atoms with van der Waals surface area (Å²) in [5, 5.41) is 9.43. The molecule has 2 N–H and O–H groups in total. The maximum Gasteiger partial charge on any atom is 0.405 e. The van der Waals surface area contributed by atoms with Gasteiger partial charge >= 0.3 is 11.9 Å². The molecule has 1 saturated heterocycles. The van der Waals surface area contributed by atoms with E-state index >= 15 is 0 Å². The number of carbonyl (C=O) groups excluding carboxylic acids is 1. The average molecular weight is 386 g/mol. The first-order valence-electron chi connectivity index (χ1n) is 8.68. The van der Waals surface area contributed by atoms with Gasteiger partial charge in [0.15, 0.2) is 5.65 Å². The van der Waals surface area contributed by atoms with E-state index < -0.39 is 30.4 Å². The van der Waals surface area contributed by atoms with Gasteiger partial charge in [0.1, 0.15) is 6.04 Å². The Kier molecular flexibility index (Phi) is 5.80. The maximum atomic E-state index is 13.3. The Hall–Kier alpha value is -2.40. The van der Waals surface area contributed by atoms with Crippen molar-refractivity contribution in [2.24, 2.45) is 0 Å². The number of nitrogens with one attached hydrogen (secondary N) is 2. The predicted molar refractivity (Wildman–Crippen MR) is 91.4 cm³/mol. The number of rotatable bonds is 6. The molecule has 1 atom stereocenters. The lowest BCUT2D eigenvalue weighted by Gasteiger charge is -2.35. The molecule has 8 nitrogen and oxygen atoms in total. The lowest BCUT2D eigenvalue weighted by Crippen LogP contribution is -2.57. The molecule has 0 radical (unpaired) electrons. The summed E-state index contributed by atoms with van der Waals surface area (Å²) in [6.07, 6.45) is -3.00. The lowest BCUT2D eigenvalue weighted by molar-refractivity contribution is -0.184. The Labute approximate surface area is 152 Å². The summed E-state index contributed by atoms with van der Waals surface area (Å²) in [5.41, 5.74) is 0.0473. The van der Waals surface area contributed by atoms with E-state index in [2.05, 4.69) is 15.7 Å². The zero-order valence-electron chi connectivity index (χ0n) is 14.6. The van der Waals surface area contributed by atoms with E-state index in [1.165, 1.54) is 9.30 Å².